The molecule has 0 spiro atoms. The van der Waals surface area contributed by atoms with Gasteiger partial charge in [0, 0.05) is 12.2 Å². The predicted octanol–water partition coefficient (Wildman–Crippen LogP) is 4.26. The Morgan fingerprint density at radius 3 is 2.28 bits per heavy atom. The Hall–Kier alpha value is -1.95. The van der Waals surface area contributed by atoms with E-state index in [1.165, 1.54) is 4.90 Å². The number of alkyl halides is 6. The second kappa shape index (κ2) is 7.52. The van der Waals surface area contributed by atoms with Crippen LogP contribution in [0.2, 0.25) is 0 Å². The molecule has 1 heterocycles. The van der Waals surface area contributed by atoms with E-state index in [1.54, 1.807) is 6.07 Å². The molecule has 3 nitrogen and oxygen atoms in total. The molecular weight excluding hydrogens is 348 g/mol. The van der Waals surface area contributed by atoms with Crippen molar-refractivity contribution >= 4 is 5.69 Å². The van der Waals surface area contributed by atoms with Gasteiger partial charge in [0.05, 0.1) is 23.7 Å². The van der Waals surface area contributed by atoms with Crippen molar-refractivity contribution in [1.29, 1.82) is 5.26 Å². The lowest BCUT2D eigenvalue weighted by molar-refractivity contribution is -0.148. The summed E-state index contributed by atoms with van der Waals surface area (Å²) in [6, 6.07) is 4.89. The normalized spacial score (nSPS) is 17.3. The lowest BCUT2D eigenvalue weighted by Crippen LogP contribution is -2.41. The molecule has 1 aromatic rings. The molecule has 1 aliphatic heterocycles. The van der Waals surface area contributed by atoms with Crippen LogP contribution in [-0.2, 0) is 6.18 Å². The number of hydrogen-bond donors (Lipinski definition) is 1. The molecule has 0 bridgehead atoms. The van der Waals surface area contributed by atoms with E-state index in [0.717, 1.165) is 18.2 Å². The van der Waals surface area contributed by atoms with Crippen LogP contribution in [0.5, 0.6) is 0 Å². The standard InChI is InChI=1S/C16H17F6N3/c17-15(18,19)10-25-5-3-11(4-6-25)9-24-14-7-12(8-23)1-2-13(14)16(20,21)22/h1-2,7,11,24H,3-6,9-10H2. The van der Waals surface area contributed by atoms with Gasteiger partial charge < -0.3 is 5.32 Å². The maximum absolute atomic E-state index is 13.0. The Labute approximate surface area is 141 Å². The van der Waals surface area contributed by atoms with Gasteiger partial charge >= 0.3 is 12.4 Å². The van der Waals surface area contributed by atoms with Crippen LogP contribution in [0.15, 0.2) is 18.2 Å². The van der Waals surface area contributed by atoms with Gasteiger partial charge in [-0.25, -0.2) is 0 Å². The van der Waals surface area contributed by atoms with Crippen LogP contribution < -0.4 is 5.32 Å². The highest BCUT2D eigenvalue weighted by molar-refractivity contribution is 5.57. The van der Waals surface area contributed by atoms with Gasteiger partial charge in [-0.15, -0.1) is 0 Å². The highest BCUT2D eigenvalue weighted by atomic mass is 19.4. The van der Waals surface area contributed by atoms with Crippen molar-refractivity contribution in [1.82, 2.24) is 4.90 Å². The van der Waals surface area contributed by atoms with Crippen molar-refractivity contribution in [3.63, 3.8) is 0 Å². The third kappa shape index (κ3) is 5.81. The minimum Gasteiger partial charge on any atom is -0.384 e. The number of nitrogens with zero attached hydrogens (tertiary/aromatic N) is 2. The quantitative estimate of drug-likeness (QED) is 0.811. The minimum atomic E-state index is -4.55. The number of hydrogen-bond acceptors (Lipinski definition) is 3. The smallest absolute Gasteiger partial charge is 0.384 e. The van der Waals surface area contributed by atoms with Gasteiger partial charge in [-0.2, -0.15) is 31.6 Å². The largest absolute Gasteiger partial charge is 0.418 e. The fraction of sp³-hybridized carbons (Fsp3) is 0.562. The molecule has 1 N–H and O–H groups in total. The molecule has 138 valence electrons. The molecule has 0 radical (unpaired) electrons. The Morgan fingerprint density at radius 2 is 1.76 bits per heavy atom. The van der Waals surface area contributed by atoms with E-state index in [2.05, 4.69) is 5.32 Å². The van der Waals surface area contributed by atoms with Crippen molar-refractivity contribution in [2.45, 2.75) is 25.2 Å². The monoisotopic (exact) mass is 365 g/mol. The molecule has 0 saturated carbocycles. The summed E-state index contributed by atoms with van der Waals surface area (Å²) < 4.78 is 76.1. The molecule has 25 heavy (non-hydrogen) atoms. The topological polar surface area (TPSA) is 39.1 Å². The van der Waals surface area contributed by atoms with E-state index in [0.29, 0.717) is 12.8 Å². The molecule has 2 rings (SSSR count). The van der Waals surface area contributed by atoms with Crippen LogP contribution in [0.1, 0.15) is 24.0 Å². The Balaban J connectivity index is 1.95. The number of halogens is 6. The summed E-state index contributed by atoms with van der Waals surface area (Å²) in [6.07, 6.45) is -7.85. The summed E-state index contributed by atoms with van der Waals surface area (Å²) >= 11 is 0. The van der Waals surface area contributed by atoms with Crippen molar-refractivity contribution in [3.05, 3.63) is 29.3 Å². The lowest BCUT2D eigenvalue weighted by atomic mass is 9.96. The fourth-order valence-electron chi connectivity index (χ4n) is 2.86. The number of benzene rings is 1. The van der Waals surface area contributed by atoms with Gasteiger partial charge in [-0.1, -0.05) is 0 Å². The number of nitriles is 1. The van der Waals surface area contributed by atoms with E-state index in [-0.39, 0.29) is 36.8 Å². The maximum Gasteiger partial charge on any atom is 0.418 e. The van der Waals surface area contributed by atoms with Crippen molar-refractivity contribution < 1.29 is 26.3 Å². The van der Waals surface area contributed by atoms with Crippen LogP contribution in [0.3, 0.4) is 0 Å². The minimum absolute atomic E-state index is 0.0173. The highest BCUT2D eigenvalue weighted by Gasteiger charge is 2.34. The van der Waals surface area contributed by atoms with Gasteiger partial charge in [-0.3, -0.25) is 4.90 Å². The number of piperidine rings is 1. The Morgan fingerprint density at radius 1 is 1.12 bits per heavy atom. The molecule has 0 aliphatic carbocycles. The molecule has 1 aromatic carbocycles. The van der Waals surface area contributed by atoms with Crippen molar-refractivity contribution in [2.24, 2.45) is 5.92 Å². The zero-order valence-corrected chi connectivity index (χ0v) is 13.2. The van der Waals surface area contributed by atoms with Crippen molar-refractivity contribution in [3.8, 4) is 6.07 Å². The first-order valence-electron chi connectivity index (χ1n) is 7.73. The van der Waals surface area contributed by atoms with E-state index < -0.39 is 24.5 Å². The third-order valence-electron chi connectivity index (χ3n) is 4.15. The molecule has 0 aromatic heterocycles. The number of nitrogens with one attached hydrogen (secondary N) is 1. The average molecular weight is 365 g/mol. The summed E-state index contributed by atoms with van der Waals surface area (Å²) in [5, 5.41) is 11.6. The second-order valence-corrected chi connectivity index (χ2v) is 6.09. The van der Waals surface area contributed by atoms with Crippen LogP contribution >= 0.6 is 0 Å². The van der Waals surface area contributed by atoms with Crippen LogP contribution in [0, 0.1) is 17.2 Å². The highest BCUT2D eigenvalue weighted by Crippen LogP contribution is 2.35. The lowest BCUT2D eigenvalue weighted by Gasteiger charge is -2.32. The number of rotatable bonds is 4. The summed E-state index contributed by atoms with van der Waals surface area (Å²) in [5.74, 6) is -0.0173. The number of anilines is 1. The van der Waals surface area contributed by atoms with Crippen LogP contribution in [-0.4, -0.2) is 37.3 Å². The first-order chi connectivity index (χ1) is 11.6. The first kappa shape index (κ1) is 19.4. The van der Waals surface area contributed by atoms with E-state index in [1.807, 2.05) is 0 Å². The molecule has 0 unspecified atom stereocenters. The SMILES string of the molecule is N#Cc1ccc(C(F)(F)F)c(NCC2CCN(CC(F)(F)F)CC2)c1. The summed E-state index contributed by atoms with van der Waals surface area (Å²) in [5.41, 5.74) is -0.930. The van der Waals surface area contributed by atoms with E-state index in [4.69, 9.17) is 5.26 Å². The van der Waals surface area contributed by atoms with Gasteiger partial charge in [0.25, 0.3) is 0 Å². The predicted molar refractivity (Wildman–Crippen MR) is 79.9 cm³/mol. The van der Waals surface area contributed by atoms with Crippen LogP contribution in [0.25, 0.3) is 0 Å². The average Bonchev–Trinajstić information content (AvgIpc) is 2.51. The van der Waals surface area contributed by atoms with E-state index in [9.17, 15) is 26.3 Å². The summed E-state index contributed by atoms with van der Waals surface area (Å²) in [4.78, 5) is 1.30. The molecule has 0 atom stereocenters. The second-order valence-electron chi connectivity index (χ2n) is 6.09. The molecule has 1 aliphatic rings. The third-order valence-corrected chi connectivity index (χ3v) is 4.15. The molecule has 1 fully saturated rings. The molecule has 9 heteroatoms. The van der Waals surface area contributed by atoms with Gasteiger partial charge in [-0.05, 0) is 50.0 Å². The zero-order valence-electron chi connectivity index (χ0n) is 13.2. The van der Waals surface area contributed by atoms with Gasteiger partial charge in [0.1, 0.15) is 0 Å². The van der Waals surface area contributed by atoms with Gasteiger partial charge in [0.15, 0.2) is 0 Å². The fourth-order valence-corrected chi connectivity index (χ4v) is 2.86. The zero-order chi connectivity index (χ0) is 18.7. The molecule has 0 amide bonds. The summed E-state index contributed by atoms with van der Waals surface area (Å²) in [7, 11) is 0. The van der Waals surface area contributed by atoms with Crippen LogP contribution in [0.4, 0.5) is 32.0 Å². The molecular formula is C16H17F6N3. The number of likely N-dealkylation sites (tertiary alicyclic amines) is 1. The molecule has 1 saturated heterocycles. The maximum atomic E-state index is 13.0. The van der Waals surface area contributed by atoms with E-state index >= 15 is 0 Å². The summed E-state index contributed by atoms with van der Waals surface area (Å²) in [6.45, 7) is -0.222. The van der Waals surface area contributed by atoms with Crippen molar-refractivity contribution in [2.75, 3.05) is 31.5 Å². The first-order valence-corrected chi connectivity index (χ1v) is 7.73. The Kier molecular flexibility index (Phi) is 5.83. The Bertz CT molecular complexity index is 624. The van der Waals surface area contributed by atoms with Gasteiger partial charge in [0.2, 0.25) is 0 Å².